The number of hydrogen-bond acceptors (Lipinski definition) is 3. The molecule has 3 aromatic rings. The summed E-state index contributed by atoms with van der Waals surface area (Å²) in [4.78, 5) is 11.8. The summed E-state index contributed by atoms with van der Waals surface area (Å²) >= 11 is 0. The molecule has 5 nitrogen and oxygen atoms in total. The molecule has 0 spiro atoms. The predicted molar refractivity (Wildman–Crippen MR) is 98.2 cm³/mol. The van der Waals surface area contributed by atoms with Gasteiger partial charge in [0, 0.05) is 22.5 Å². The molecular formula is C20H20N2O3. The summed E-state index contributed by atoms with van der Waals surface area (Å²) in [5, 5.41) is 16.0. The van der Waals surface area contributed by atoms with Crippen molar-refractivity contribution < 1.29 is 14.3 Å². The van der Waals surface area contributed by atoms with Crippen LogP contribution in [0.1, 0.15) is 20.8 Å². The standard InChI is InChI=1S/C20H20N2O3/c1-20(2,3)25-19(23)21-16-9-7-14(8-10-16)17-6-4-5-15-13-22(24)12-11-18(15)17/h4-13H,1-3H3,(H,21,23). The number of amides is 1. The summed E-state index contributed by atoms with van der Waals surface area (Å²) in [5.41, 5.74) is 2.16. The highest BCUT2D eigenvalue weighted by molar-refractivity contribution is 5.96. The Bertz CT molecular complexity index is 912. The fourth-order valence-electron chi connectivity index (χ4n) is 2.62. The van der Waals surface area contributed by atoms with Crippen LogP contribution in [0.25, 0.3) is 21.9 Å². The van der Waals surface area contributed by atoms with Crippen molar-refractivity contribution in [2.75, 3.05) is 5.32 Å². The first kappa shape index (κ1) is 16.8. The van der Waals surface area contributed by atoms with Crippen LogP contribution in [0.3, 0.4) is 0 Å². The van der Waals surface area contributed by atoms with Crippen molar-refractivity contribution in [3.8, 4) is 11.1 Å². The van der Waals surface area contributed by atoms with E-state index in [1.54, 1.807) is 6.20 Å². The fraction of sp³-hybridized carbons (Fsp3) is 0.200. The van der Waals surface area contributed by atoms with Gasteiger partial charge in [-0.1, -0.05) is 24.3 Å². The maximum absolute atomic E-state index is 11.8. The third kappa shape index (κ3) is 4.07. The molecule has 0 saturated carbocycles. The van der Waals surface area contributed by atoms with E-state index in [1.807, 2.05) is 69.3 Å². The summed E-state index contributed by atoms with van der Waals surface area (Å²) in [5.74, 6) is 0. The maximum Gasteiger partial charge on any atom is 0.412 e. The molecule has 1 amide bonds. The lowest BCUT2D eigenvalue weighted by Crippen LogP contribution is -2.27. The molecule has 0 fully saturated rings. The second-order valence-corrected chi connectivity index (χ2v) is 6.82. The van der Waals surface area contributed by atoms with E-state index in [0.717, 1.165) is 26.6 Å². The van der Waals surface area contributed by atoms with Gasteiger partial charge in [0.05, 0.1) is 0 Å². The van der Waals surface area contributed by atoms with Crippen LogP contribution in [0.15, 0.2) is 60.9 Å². The molecule has 128 valence electrons. The third-order valence-corrected chi connectivity index (χ3v) is 3.64. The van der Waals surface area contributed by atoms with Gasteiger partial charge >= 0.3 is 6.09 Å². The van der Waals surface area contributed by atoms with Crippen LogP contribution in [-0.4, -0.2) is 11.7 Å². The number of nitrogens with zero attached hydrogens (tertiary/aromatic N) is 1. The van der Waals surface area contributed by atoms with E-state index >= 15 is 0 Å². The van der Waals surface area contributed by atoms with Gasteiger partial charge in [0.1, 0.15) is 5.60 Å². The van der Waals surface area contributed by atoms with Crippen LogP contribution >= 0.6 is 0 Å². The Morgan fingerprint density at radius 1 is 1.08 bits per heavy atom. The lowest BCUT2D eigenvalue weighted by Gasteiger charge is -2.19. The van der Waals surface area contributed by atoms with Crippen LogP contribution in [0.5, 0.6) is 0 Å². The fourth-order valence-corrected chi connectivity index (χ4v) is 2.62. The topological polar surface area (TPSA) is 65.3 Å². The van der Waals surface area contributed by atoms with Crippen molar-refractivity contribution in [1.29, 1.82) is 0 Å². The first-order chi connectivity index (χ1) is 11.8. The maximum atomic E-state index is 11.8. The zero-order valence-corrected chi connectivity index (χ0v) is 14.4. The van der Waals surface area contributed by atoms with E-state index in [9.17, 15) is 10.0 Å². The highest BCUT2D eigenvalue weighted by atomic mass is 16.6. The molecule has 0 radical (unpaired) electrons. The van der Waals surface area contributed by atoms with Crippen molar-refractivity contribution >= 4 is 22.6 Å². The normalized spacial score (nSPS) is 11.3. The second kappa shape index (κ2) is 6.43. The molecule has 0 unspecified atom stereocenters. The average Bonchev–Trinajstić information content (AvgIpc) is 2.53. The molecular weight excluding hydrogens is 316 g/mol. The van der Waals surface area contributed by atoms with Gasteiger partial charge in [-0.2, -0.15) is 4.73 Å². The van der Waals surface area contributed by atoms with Gasteiger partial charge < -0.3 is 9.94 Å². The zero-order valence-electron chi connectivity index (χ0n) is 14.4. The highest BCUT2D eigenvalue weighted by Crippen LogP contribution is 2.28. The number of fused-ring (bicyclic) bond motifs is 1. The lowest BCUT2D eigenvalue weighted by molar-refractivity contribution is -0.603. The SMILES string of the molecule is CC(C)(C)OC(=O)Nc1ccc(-c2cccc3c[n+]([O-])ccc23)cc1. The summed E-state index contributed by atoms with van der Waals surface area (Å²) in [6, 6.07) is 15.2. The van der Waals surface area contributed by atoms with Crippen LogP contribution < -0.4 is 10.0 Å². The minimum absolute atomic E-state index is 0.481. The number of pyridine rings is 1. The summed E-state index contributed by atoms with van der Waals surface area (Å²) in [6.07, 6.45) is 2.56. The number of carbonyl (C=O) groups is 1. The van der Waals surface area contributed by atoms with Crippen molar-refractivity contribution in [2.45, 2.75) is 26.4 Å². The van der Waals surface area contributed by atoms with Gasteiger partial charge in [0.15, 0.2) is 12.4 Å². The monoisotopic (exact) mass is 336 g/mol. The molecule has 1 heterocycles. The molecule has 3 rings (SSSR count). The molecule has 1 N–H and O–H groups in total. The summed E-state index contributed by atoms with van der Waals surface area (Å²) in [7, 11) is 0. The molecule has 0 aliphatic heterocycles. The smallest absolute Gasteiger partial charge is 0.412 e. The van der Waals surface area contributed by atoms with Gasteiger partial charge in [0.25, 0.3) is 0 Å². The van der Waals surface area contributed by atoms with Crippen molar-refractivity contribution in [3.63, 3.8) is 0 Å². The van der Waals surface area contributed by atoms with Gasteiger partial charge in [0.2, 0.25) is 0 Å². The third-order valence-electron chi connectivity index (χ3n) is 3.64. The van der Waals surface area contributed by atoms with Gasteiger partial charge in [-0.3, -0.25) is 5.32 Å². The first-order valence-corrected chi connectivity index (χ1v) is 8.04. The number of hydrogen-bond donors (Lipinski definition) is 1. The quantitative estimate of drug-likeness (QED) is 0.554. The number of nitrogens with one attached hydrogen (secondary N) is 1. The van der Waals surface area contributed by atoms with E-state index in [2.05, 4.69) is 5.32 Å². The largest absolute Gasteiger partial charge is 0.619 e. The molecule has 5 heteroatoms. The Hall–Kier alpha value is -3.08. The van der Waals surface area contributed by atoms with Crippen molar-refractivity contribution in [3.05, 3.63) is 66.1 Å². The Labute approximate surface area is 146 Å². The van der Waals surface area contributed by atoms with E-state index < -0.39 is 11.7 Å². The number of ether oxygens (including phenoxy) is 1. The van der Waals surface area contributed by atoms with Crippen molar-refractivity contribution in [2.24, 2.45) is 0 Å². The molecule has 0 bridgehead atoms. The van der Waals surface area contributed by atoms with Gasteiger partial charge in [-0.15, -0.1) is 0 Å². The van der Waals surface area contributed by atoms with Gasteiger partial charge in [-0.25, -0.2) is 4.79 Å². The molecule has 0 atom stereocenters. The number of rotatable bonds is 2. The molecule has 25 heavy (non-hydrogen) atoms. The zero-order chi connectivity index (χ0) is 18.0. The Kier molecular flexibility index (Phi) is 4.31. The number of benzene rings is 2. The molecule has 0 saturated heterocycles. The van der Waals surface area contributed by atoms with E-state index in [4.69, 9.17) is 4.74 Å². The molecule has 1 aromatic heterocycles. The first-order valence-electron chi connectivity index (χ1n) is 8.04. The highest BCUT2D eigenvalue weighted by Gasteiger charge is 2.16. The van der Waals surface area contributed by atoms with Crippen molar-refractivity contribution in [1.82, 2.24) is 0 Å². The van der Waals surface area contributed by atoms with E-state index in [-0.39, 0.29) is 0 Å². The number of carbonyl (C=O) groups excluding carboxylic acids is 1. The Morgan fingerprint density at radius 3 is 2.48 bits per heavy atom. The average molecular weight is 336 g/mol. The second-order valence-electron chi connectivity index (χ2n) is 6.82. The van der Waals surface area contributed by atoms with Crippen LogP contribution in [0.4, 0.5) is 10.5 Å². The number of anilines is 1. The van der Waals surface area contributed by atoms with Crippen LogP contribution in [-0.2, 0) is 4.74 Å². The summed E-state index contributed by atoms with van der Waals surface area (Å²) < 4.78 is 6.04. The number of aromatic nitrogens is 1. The molecule has 2 aromatic carbocycles. The van der Waals surface area contributed by atoms with Crippen LogP contribution in [0.2, 0.25) is 0 Å². The van der Waals surface area contributed by atoms with Crippen LogP contribution in [0, 0.1) is 5.21 Å². The van der Waals surface area contributed by atoms with E-state index in [1.165, 1.54) is 6.20 Å². The Morgan fingerprint density at radius 2 is 1.80 bits per heavy atom. The summed E-state index contributed by atoms with van der Waals surface area (Å²) in [6.45, 7) is 5.46. The Balaban J connectivity index is 1.85. The predicted octanol–water partition coefficient (Wildman–Crippen LogP) is 4.49. The molecule has 0 aliphatic rings. The minimum Gasteiger partial charge on any atom is -0.619 e. The van der Waals surface area contributed by atoms with Gasteiger partial charge in [-0.05, 0) is 50.1 Å². The molecule has 0 aliphatic carbocycles. The lowest BCUT2D eigenvalue weighted by atomic mass is 9.99. The minimum atomic E-state index is -0.536. The van der Waals surface area contributed by atoms with E-state index in [0.29, 0.717) is 5.69 Å².